The van der Waals surface area contributed by atoms with Crippen LogP contribution in [0.15, 0.2) is 66.9 Å². The molecule has 184 valence electrons. The molecule has 0 saturated carbocycles. The molecule has 1 aromatic heterocycles. The third-order valence-corrected chi connectivity index (χ3v) is 5.96. The Labute approximate surface area is 211 Å². The number of ether oxygens (including phenoxy) is 2. The van der Waals surface area contributed by atoms with Gasteiger partial charge in [0.15, 0.2) is 0 Å². The minimum atomic E-state index is -0.610. The summed E-state index contributed by atoms with van der Waals surface area (Å²) in [4.78, 5) is 15.8. The first-order chi connectivity index (χ1) is 17.4. The molecule has 0 aliphatic heterocycles. The largest absolute Gasteiger partial charge is 0.497 e. The summed E-state index contributed by atoms with van der Waals surface area (Å²) in [5.41, 5.74) is 10.2. The first-order valence-electron chi connectivity index (χ1n) is 11.9. The van der Waals surface area contributed by atoms with Crippen LogP contribution in [-0.2, 0) is 6.42 Å². The molecule has 3 aromatic carbocycles. The van der Waals surface area contributed by atoms with Gasteiger partial charge in [0.25, 0.3) is 5.91 Å². The van der Waals surface area contributed by atoms with Gasteiger partial charge < -0.3 is 25.3 Å². The fourth-order valence-corrected chi connectivity index (χ4v) is 4.26. The van der Waals surface area contributed by atoms with Gasteiger partial charge in [-0.15, -0.1) is 0 Å². The number of hydrogen-bond donors (Lipinski definition) is 3. The Hall–Kier alpha value is -4.21. The van der Waals surface area contributed by atoms with Crippen LogP contribution < -0.4 is 15.2 Å². The van der Waals surface area contributed by atoms with E-state index in [0.29, 0.717) is 29.0 Å². The summed E-state index contributed by atoms with van der Waals surface area (Å²) < 4.78 is 11.4. The van der Waals surface area contributed by atoms with Gasteiger partial charge in [-0.3, -0.25) is 4.79 Å². The second kappa shape index (κ2) is 11.0. The standard InChI is InChI=1S/C30H30N2O4/c1-19(2)36-29-26(23(18-33)16-22-17-32-28-10-5-4-9-25(22)28)14-21(15-27(29)30(31)34)12-11-20-7-6-8-24(13-20)35-3/h4-10,13-15,17,19,23,32-33H,16,18H2,1-3H3,(H2,31,34)/t23-/m0/s1. The number of carbonyl (C=O) groups is 1. The molecular weight excluding hydrogens is 452 g/mol. The Morgan fingerprint density at radius 2 is 1.83 bits per heavy atom. The van der Waals surface area contributed by atoms with Crippen molar-refractivity contribution in [3.05, 3.63) is 94.7 Å². The van der Waals surface area contributed by atoms with Crippen LogP contribution >= 0.6 is 0 Å². The van der Waals surface area contributed by atoms with E-state index in [2.05, 4.69) is 16.8 Å². The second-order valence-electron chi connectivity index (χ2n) is 8.90. The van der Waals surface area contributed by atoms with E-state index in [0.717, 1.165) is 22.0 Å². The van der Waals surface area contributed by atoms with E-state index in [-0.39, 0.29) is 24.2 Å². The maximum absolute atomic E-state index is 12.5. The van der Waals surface area contributed by atoms with Gasteiger partial charge in [0.05, 0.1) is 25.4 Å². The average molecular weight is 483 g/mol. The van der Waals surface area contributed by atoms with Crippen LogP contribution in [0.3, 0.4) is 0 Å². The summed E-state index contributed by atoms with van der Waals surface area (Å²) in [5, 5.41) is 11.6. The molecular formula is C30H30N2O4. The molecule has 6 nitrogen and oxygen atoms in total. The number of hydrogen-bond acceptors (Lipinski definition) is 4. The van der Waals surface area contributed by atoms with Gasteiger partial charge in [0.1, 0.15) is 11.5 Å². The summed E-state index contributed by atoms with van der Waals surface area (Å²) in [7, 11) is 1.61. The van der Waals surface area contributed by atoms with Gasteiger partial charge in [0, 0.05) is 39.7 Å². The Bertz CT molecular complexity index is 1440. The smallest absolute Gasteiger partial charge is 0.252 e. The highest BCUT2D eigenvalue weighted by molar-refractivity contribution is 5.96. The fraction of sp³-hybridized carbons (Fsp3) is 0.233. The normalized spacial score (nSPS) is 11.7. The molecule has 0 bridgehead atoms. The number of rotatable bonds is 8. The van der Waals surface area contributed by atoms with Crippen molar-refractivity contribution >= 4 is 16.8 Å². The van der Waals surface area contributed by atoms with Crippen molar-refractivity contribution in [3.63, 3.8) is 0 Å². The highest BCUT2D eigenvalue weighted by Gasteiger charge is 2.24. The number of nitrogens with two attached hydrogens (primary N) is 1. The van der Waals surface area contributed by atoms with Crippen molar-refractivity contribution in [2.24, 2.45) is 5.73 Å². The zero-order chi connectivity index (χ0) is 25.7. The minimum absolute atomic E-state index is 0.140. The van der Waals surface area contributed by atoms with E-state index in [1.807, 2.05) is 74.6 Å². The highest BCUT2D eigenvalue weighted by atomic mass is 16.5. The molecule has 0 unspecified atom stereocenters. The molecule has 0 spiro atoms. The molecule has 1 heterocycles. The number of methoxy groups -OCH3 is 1. The molecule has 0 aliphatic carbocycles. The minimum Gasteiger partial charge on any atom is -0.497 e. The molecule has 0 fully saturated rings. The predicted molar refractivity (Wildman–Crippen MR) is 142 cm³/mol. The average Bonchev–Trinajstić information content (AvgIpc) is 3.29. The van der Waals surface area contributed by atoms with Crippen molar-refractivity contribution < 1.29 is 19.4 Å². The quantitative estimate of drug-likeness (QED) is 0.315. The molecule has 36 heavy (non-hydrogen) atoms. The third-order valence-electron chi connectivity index (χ3n) is 5.96. The molecule has 1 amide bonds. The Morgan fingerprint density at radius 3 is 2.56 bits per heavy atom. The van der Waals surface area contributed by atoms with Gasteiger partial charge in [-0.2, -0.15) is 0 Å². The van der Waals surface area contributed by atoms with Crippen LogP contribution in [0, 0.1) is 11.8 Å². The number of aromatic amines is 1. The predicted octanol–water partition coefficient (Wildman–Crippen LogP) is 4.78. The monoisotopic (exact) mass is 482 g/mol. The second-order valence-corrected chi connectivity index (χ2v) is 8.90. The molecule has 6 heteroatoms. The number of aliphatic hydroxyl groups excluding tert-OH is 1. The van der Waals surface area contributed by atoms with Gasteiger partial charge in [0.2, 0.25) is 0 Å². The molecule has 0 saturated heterocycles. The summed E-state index contributed by atoms with van der Waals surface area (Å²) >= 11 is 0. The lowest BCUT2D eigenvalue weighted by Crippen LogP contribution is -2.19. The molecule has 1 atom stereocenters. The summed E-state index contributed by atoms with van der Waals surface area (Å²) in [6, 6.07) is 19.0. The number of para-hydroxylation sites is 1. The molecule has 0 aliphatic rings. The lowest BCUT2D eigenvalue weighted by molar-refractivity contribution is 0.0994. The lowest BCUT2D eigenvalue weighted by Gasteiger charge is -2.23. The molecule has 4 aromatic rings. The van der Waals surface area contributed by atoms with Crippen LogP contribution in [0.4, 0.5) is 0 Å². The van der Waals surface area contributed by atoms with E-state index < -0.39 is 5.91 Å². The number of primary amides is 1. The first kappa shape index (κ1) is 24.9. The third kappa shape index (κ3) is 5.54. The summed E-state index contributed by atoms with van der Waals surface area (Å²) in [6.07, 6.45) is 2.31. The Kier molecular flexibility index (Phi) is 7.62. The SMILES string of the molecule is COc1cccc(C#Cc2cc(C(N)=O)c(OC(C)C)c([C@H](CO)Cc3c[nH]c4ccccc34)c2)c1. The van der Waals surface area contributed by atoms with E-state index in [9.17, 15) is 9.90 Å². The topological polar surface area (TPSA) is 97.6 Å². The maximum atomic E-state index is 12.5. The lowest BCUT2D eigenvalue weighted by atomic mass is 9.88. The zero-order valence-corrected chi connectivity index (χ0v) is 20.7. The highest BCUT2D eigenvalue weighted by Crippen LogP contribution is 2.35. The van der Waals surface area contributed by atoms with Gasteiger partial charge in [-0.05, 0) is 62.2 Å². The maximum Gasteiger partial charge on any atom is 0.252 e. The zero-order valence-electron chi connectivity index (χ0n) is 20.7. The number of amides is 1. The number of nitrogens with one attached hydrogen (secondary N) is 1. The number of H-pyrrole nitrogens is 1. The summed E-state index contributed by atoms with van der Waals surface area (Å²) in [5.74, 6) is 6.42. The number of carbonyl (C=O) groups excluding carboxylic acids is 1. The van der Waals surface area contributed by atoms with Crippen LogP contribution in [0.25, 0.3) is 10.9 Å². The van der Waals surface area contributed by atoms with E-state index in [4.69, 9.17) is 15.2 Å². The van der Waals surface area contributed by atoms with Gasteiger partial charge in [-0.1, -0.05) is 36.1 Å². The van der Waals surface area contributed by atoms with Crippen LogP contribution in [0.5, 0.6) is 11.5 Å². The number of fused-ring (bicyclic) bond motifs is 1. The van der Waals surface area contributed by atoms with E-state index in [1.165, 1.54) is 0 Å². The number of aliphatic hydroxyl groups is 1. The van der Waals surface area contributed by atoms with Crippen molar-refractivity contribution in [2.45, 2.75) is 32.3 Å². The summed E-state index contributed by atoms with van der Waals surface area (Å²) in [6.45, 7) is 3.64. The Balaban J connectivity index is 1.81. The number of benzene rings is 3. The van der Waals surface area contributed by atoms with Crippen LogP contribution in [0.1, 0.15) is 52.4 Å². The van der Waals surface area contributed by atoms with Gasteiger partial charge >= 0.3 is 0 Å². The van der Waals surface area contributed by atoms with E-state index >= 15 is 0 Å². The number of aromatic nitrogens is 1. The Morgan fingerprint density at radius 1 is 1.06 bits per heavy atom. The van der Waals surface area contributed by atoms with Crippen molar-refractivity contribution in [1.82, 2.24) is 4.98 Å². The molecule has 4 N–H and O–H groups in total. The van der Waals surface area contributed by atoms with Crippen molar-refractivity contribution in [1.29, 1.82) is 0 Å². The van der Waals surface area contributed by atoms with Crippen molar-refractivity contribution in [2.75, 3.05) is 13.7 Å². The van der Waals surface area contributed by atoms with Crippen molar-refractivity contribution in [3.8, 4) is 23.3 Å². The van der Waals surface area contributed by atoms with Gasteiger partial charge in [-0.25, -0.2) is 0 Å². The van der Waals surface area contributed by atoms with Crippen LogP contribution in [0.2, 0.25) is 0 Å². The van der Waals surface area contributed by atoms with E-state index in [1.54, 1.807) is 13.2 Å². The molecule has 4 rings (SSSR count). The van der Waals surface area contributed by atoms with Crippen LogP contribution in [-0.4, -0.2) is 35.8 Å². The first-order valence-corrected chi connectivity index (χ1v) is 11.9. The molecule has 0 radical (unpaired) electrons. The fourth-order valence-electron chi connectivity index (χ4n) is 4.26.